The van der Waals surface area contributed by atoms with Crippen LogP contribution in [0.25, 0.3) is 0 Å². The molecule has 1 aromatic rings. The molecule has 0 aromatic heterocycles. The normalized spacial score (nSPS) is 25.4. The zero-order valence-electron chi connectivity index (χ0n) is 8.86. The molecule has 0 saturated carbocycles. The van der Waals surface area contributed by atoms with Gasteiger partial charge in [-0.2, -0.15) is 0 Å². The highest BCUT2D eigenvalue weighted by Crippen LogP contribution is 2.24. The Morgan fingerprint density at radius 3 is 2.93 bits per heavy atom. The van der Waals surface area contributed by atoms with E-state index in [9.17, 15) is 4.79 Å². The van der Waals surface area contributed by atoms with E-state index >= 15 is 0 Å². The maximum absolute atomic E-state index is 11.4. The van der Waals surface area contributed by atoms with Crippen molar-refractivity contribution >= 4 is 5.91 Å². The summed E-state index contributed by atoms with van der Waals surface area (Å²) in [5.41, 5.74) is 7.68. The van der Waals surface area contributed by atoms with Gasteiger partial charge >= 0.3 is 0 Å². The van der Waals surface area contributed by atoms with Crippen LogP contribution in [-0.4, -0.2) is 11.9 Å². The van der Waals surface area contributed by atoms with Crippen molar-refractivity contribution in [3.63, 3.8) is 0 Å². The van der Waals surface area contributed by atoms with E-state index in [0.717, 1.165) is 18.4 Å². The smallest absolute Gasteiger partial charge is 0.239 e. The lowest BCUT2D eigenvalue weighted by atomic mass is 9.99. The average Bonchev–Trinajstić information content (AvgIpc) is 2.39. The number of amides is 1. The van der Waals surface area contributed by atoms with E-state index in [-0.39, 0.29) is 11.9 Å². The summed E-state index contributed by atoms with van der Waals surface area (Å²) in [6.07, 6.45) is 2.05. The van der Waals surface area contributed by atoms with Crippen LogP contribution in [0.5, 0.6) is 0 Å². The van der Waals surface area contributed by atoms with Gasteiger partial charge in [-0.25, -0.2) is 0 Å². The molecule has 80 valence electrons. The Balaban J connectivity index is 2.41. The summed E-state index contributed by atoms with van der Waals surface area (Å²) in [6.45, 7) is 2.09. The van der Waals surface area contributed by atoms with Gasteiger partial charge in [0.05, 0.1) is 0 Å². The van der Waals surface area contributed by atoms with Crippen LogP contribution in [0.15, 0.2) is 24.3 Å². The Hall–Kier alpha value is -1.35. The number of carbonyl (C=O) groups excluding carboxylic acids is 1. The molecule has 0 fully saturated rings. The summed E-state index contributed by atoms with van der Waals surface area (Å²) in [5.74, 6) is -0.295. The molecule has 2 atom stereocenters. The number of hydrogen-bond acceptors (Lipinski definition) is 2. The quantitative estimate of drug-likeness (QED) is 0.720. The Morgan fingerprint density at radius 2 is 2.20 bits per heavy atom. The van der Waals surface area contributed by atoms with Gasteiger partial charge in [-0.05, 0) is 30.9 Å². The first-order valence-corrected chi connectivity index (χ1v) is 5.31. The van der Waals surface area contributed by atoms with Crippen molar-refractivity contribution in [2.45, 2.75) is 31.8 Å². The SMILES string of the molecule is CC1CCc2ccccc2C(C(N)=O)N1. The zero-order chi connectivity index (χ0) is 10.8. The predicted molar refractivity (Wildman–Crippen MR) is 59.3 cm³/mol. The van der Waals surface area contributed by atoms with Crippen LogP contribution >= 0.6 is 0 Å². The van der Waals surface area contributed by atoms with Crippen LogP contribution in [0.3, 0.4) is 0 Å². The van der Waals surface area contributed by atoms with Crippen molar-refractivity contribution in [2.24, 2.45) is 5.73 Å². The molecule has 1 aromatic carbocycles. The molecule has 3 heteroatoms. The number of aryl methyl sites for hydroxylation is 1. The second-order valence-electron chi connectivity index (χ2n) is 4.14. The third-order valence-corrected chi connectivity index (χ3v) is 2.95. The fourth-order valence-electron chi connectivity index (χ4n) is 2.11. The molecule has 3 nitrogen and oxygen atoms in total. The second-order valence-corrected chi connectivity index (χ2v) is 4.14. The van der Waals surface area contributed by atoms with Crippen LogP contribution < -0.4 is 11.1 Å². The van der Waals surface area contributed by atoms with Crippen LogP contribution in [0.4, 0.5) is 0 Å². The molecule has 2 unspecified atom stereocenters. The van der Waals surface area contributed by atoms with Crippen molar-refractivity contribution in [1.82, 2.24) is 5.32 Å². The summed E-state index contributed by atoms with van der Waals surface area (Å²) >= 11 is 0. The number of nitrogens with two attached hydrogens (primary N) is 1. The Labute approximate surface area is 89.7 Å². The third-order valence-electron chi connectivity index (χ3n) is 2.95. The standard InChI is InChI=1S/C12H16N2O/c1-8-6-7-9-4-2-3-5-10(9)11(14-8)12(13)15/h2-5,8,11,14H,6-7H2,1H3,(H2,13,15). The summed E-state index contributed by atoms with van der Waals surface area (Å²) in [7, 11) is 0. The van der Waals surface area contributed by atoms with Crippen molar-refractivity contribution < 1.29 is 4.79 Å². The molecule has 0 bridgehead atoms. The van der Waals surface area contributed by atoms with Crippen LogP contribution in [0, 0.1) is 0 Å². The molecule has 0 spiro atoms. The number of fused-ring (bicyclic) bond motifs is 1. The maximum Gasteiger partial charge on any atom is 0.239 e. The highest BCUT2D eigenvalue weighted by Gasteiger charge is 2.24. The first kappa shape index (κ1) is 10.2. The molecule has 1 heterocycles. The third kappa shape index (κ3) is 2.02. The highest BCUT2D eigenvalue weighted by atomic mass is 16.1. The van der Waals surface area contributed by atoms with Gasteiger partial charge < -0.3 is 5.73 Å². The number of hydrogen-bond donors (Lipinski definition) is 2. The van der Waals surface area contributed by atoms with E-state index in [1.807, 2.05) is 18.2 Å². The topological polar surface area (TPSA) is 55.1 Å². The summed E-state index contributed by atoms with van der Waals surface area (Å²) in [4.78, 5) is 11.4. The lowest BCUT2D eigenvalue weighted by Gasteiger charge is -2.18. The van der Waals surface area contributed by atoms with Gasteiger partial charge in [0.15, 0.2) is 0 Å². The van der Waals surface area contributed by atoms with Crippen LogP contribution in [0.1, 0.15) is 30.5 Å². The van der Waals surface area contributed by atoms with E-state index in [2.05, 4.69) is 18.3 Å². The monoisotopic (exact) mass is 204 g/mol. The zero-order valence-corrected chi connectivity index (χ0v) is 8.86. The Bertz CT molecular complexity index is 376. The molecule has 15 heavy (non-hydrogen) atoms. The molecular formula is C12H16N2O. The van der Waals surface area contributed by atoms with Gasteiger partial charge in [0.25, 0.3) is 0 Å². The predicted octanol–water partition coefficient (Wildman–Crippen LogP) is 1.14. The van der Waals surface area contributed by atoms with Crippen LogP contribution in [-0.2, 0) is 11.2 Å². The molecule has 3 N–H and O–H groups in total. The van der Waals surface area contributed by atoms with E-state index < -0.39 is 0 Å². The summed E-state index contributed by atoms with van der Waals surface area (Å²) < 4.78 is 0. The minimum Gasteiger partial charge on any atom is -0.368 e. The number of benzene rings is 1. The van der Waals surface area contributed by atoms with Gasteiger partial charge in [0.1, 0.15) is 6.04 Å². The fraction of sp³-hybridized carbons (Fsp3) is 0.417. The van der Waals surface area contributed by atoms with Gasteiger partial charge in [-0.3, -0.25) is 10.1 Å². The molecule has 0 saturated heterocycles. The largest absolute Gasteiger partial charge is 0.368 e. The molecule has 1 aliphatic rings. The van der Waals surface area contributed by atoms with Crippen molar-refractivity contribution in [2.75, 3.05) is 0 Å². The van der Waals surface area contributed by atoms with Crippen molar-refractivity contribution in [3.05, 3.63) is 35.4 Å². The molecular weight excluding hydrogens is 188 g/mol. The van der Waals surface area contributed by atoms with Gasteiger partial charge in [-0.1, -0.05) is 24.3 Å². The van der Waals surface area contributed by atoms with E-state index in [0.29, 0.717) is 6.04 Å². The van der Waals surface area contributed by atoms with E-state index in [1.165, 1.54) is 5.56 Å². The van der Waals surface area contributed by atoms with Crippen molar-refractivity contribution in [1.29, 1.82) is 0 Å². The molecule has 2 rings (SSSR count). The first-order chi connectivity index (χ1) is 7.18. The number of rotatable bonds is 1. The average molecular weight is 204 g/mol. The van der Waals surface area contributed by atoms with Crippen molar-refractivity contribution in [3.8, 4) is 0 Å². The van der Waals surface area contributed by atoms with E-state index in [1.54, 1.807) is 0 Å². The summed E-state index contributed by atoms with van der Waals surface area (Å²) in [5, 5.41) is 3.26. The van der Waals surface area contributed by atoms with Crippen LogP contribution in [0.2, 0.25) is 0 Å². The van der Waals surface area contributed by atoms with E-state index in [4.69, 9.17) is 5.73 Å². The number of primary amides is 1. The Kier molecular flexibility index (Phi) is 2.73. The second kappa shape index (κ2) is 4.03. The molecule has 1 aliphatic heterocycles. The first-order valence-electron chi connectivity index (χ1n) is 5.31. The minimum absolute atomic E-state index is 0.295. The maximum atomic E-state index is 11.4. The summed E-state index contributed by atoms with van der Waals surface area (Å²) in [6, 6.07) is 8.01. The molecule has 1 amide bonds. The number of nitrogens with one attached hydrogen (secondary N) is 1. The number of carbonyl (C=O) groups is 1. The lowest BCUT2D eigenvalue weighted by molar-refractivity contribution is -0.120. The van der Waals surface area contributed by atoms with Gasteiger partial charge in [0, 0.05) is 6.04 Å². The lowest BCUT2D eigenvalue weighted by Crippen LogP contribution is -2.37. The van der Waals surface area contributed by atoms with Gasteiger partial charge in [-0.15, -0.1) is 0 Å². The molecule has 0 radical (unpaired) electrons. The molecule has 0 aliphatic carbocycles. The fourth-order valence-corrected chi connectivity index (χ4v) is 2.11. The minimum atomic E-state index is -0.335. The van der Waals surface area contributed by atoms with Gasteiger partial charge in [0.2, 0.25) is 5.91 Å². The highest BCUT2D eigenvalue weighted by molar-refractivity contribution is 5.82. The Morgan fingerprint density at radius 1 is 1.47 bits per heavy atom.